The number of anilines is 1. The molecule has 1 aliphatic carbocycles. The van der Waals surface area contributed by atoms with Gasteiger partial charge in [-0.15, -0.1) is 0 Å². The zero-order valence-corrected chi connectivity index (χ0v) is 12.5. The molecule has 0 saturated heterocycles. The summed E-state index contributed by atoms with van der Waals surface area (Å²) >= 11 is 0. The van der Waals surface area contributed by atoms with Crippen LogP contribution in [0, 0.1) is 10.1 Å². The highest BCUT2D eigenvalue weighted by Gasteiger charge is 2.29. The molecule has 7 nitrogen and oxygen atoms in total. The molecular formula is C15H14F2N4O3. The van der Waals surface area contributed by atoms with Crippen molar-refractivity contribution in [3.8, 4) is 0 Å². The molecule has 0 bridgehead atoms. The van der Waals surface area contributed by atoms with Gasteiger partial charge in [0.05, 0.1) is 10.6 Å². The number of benzene rings is 1. The van der Waals surface area contributed by atoms with E-state index in [4.69, 9.17) is 0 Å². The summed E-state index contributed by atoms with van der Waals surface area (Å²) in [5.41, 5.74) is 0.553. The van der Waals surface area contributed by atoms with Crippen LogP contribution in [0.25, 0.3) is 0 Å². The lowest BCUT2D eigenvalue weighted by Crippen LogP contribution is -2.21. The number of carbonyl (C=O) groups is 1. The second-order valence-electron chi connectivity index (χ2n) is 5.58. The fourth-order valence-electron chi connectivity index (χ4n) is 2.34. The molecule has 1 saturated carbocycles. The normalized spacial score (nSPS) is 14.0. The van der Waals surface area contributed by atoms with Crippen LogP contribution in [-0.4, -0.2) is 20.6 Å². The second kappa shape index (κ2) is 6.34. The van der Waals surface area contributed by atoms with Crippen LogP contribution in [0.2, 0.25) is 0 Å². The molecular weight excluding hydrogens is 322 g/mol. The van der Waals surface area contributed by atoms with Gasteiger partial charge in [-0.2, -0.15) is 5.10 Å². The molecule has 9 heteroatoms. The quantitative estimate of drug-likeness (QED) is 0.647. The number of carbonyl (C=O) groups excluding carboxylic acids is 1. The molecule has 0 radical (unpaired) electrons. The number of nitrogens with one attached hydrogen (secondary N) is 1. The number of nitro groups is 1. The van der Waals surface area contributed by atoms with Crippen LogP contribution in [0.15, 0.2) is 30.3 Å². The van der Waals surface area contributed by atoms with Gasteiger partial charge in [0.15, 0.2) is 0 Å². The van der Waals surface area contributed by atoms with Crippen molar-refractivity contribution in [2.45, 2.75) is 31.7 Å². The number of rotatable bonds is 6. The monoisotopic (exact) mass is 336 g/mol. The Morgan fingerprint density at radius 1 is 1.38 bits per heavy atom. The van der Waals surface area contributed by atoms with Crippen LogP contribution in [0.1, 0.15) is 36.6 Å². The van der Waals surface area contributed by atoms with Gasteiger partial charge in [-0.25, -0.2) is 8.78 Å². The van der Waals surface area contributed by atoms with Gasteiger partial charge in [0, 0.05) is 23.7 Å². The molecule has 0 atom stereocenters. The molecule has 1 aliphatic rings. The fourth-order valence-corrected chi connectivity index (χ4v) is 2.34. The van der Waals surface area contributed by atoms with E-state index in [0.29, 0.717) is 11.4 Å². The minimum atomic E-state index is -2.71. The summed E-state index contributed by atoms with van der Waals surface area (Å²) < 4.78 is 27.1. The number of non-ortho nitro benzene ring substituents is 1. The Kier molecular flexibility index (Phi) is 4.24. The van der Waals surface area contributed by atoms with Crippen molar-refractivity contribution in [2.75, 3.05) is 5.32 Å². The molecule has 0 aliphatic heterocycles. The third-order valence-corrected chi connectivity index (χ3v) is 3.70. The number of amides is 1. The van der Waals surface area contributed by atoms with Crippen molar-refractivity contribution in [3.63, 3.8) is 0 Å². The number of nitrogens with zero attached hydrogens (tertiary/aromatic N) is 3. The Hall–Kier alpha value is -2.84. The molecule has 3 rings (SSSR count). The molecule has 1 heterocycles. The molecule has 126 valence electrons. The first-order valence-electron chi connectivity index (χ1n) is 7.34. The number of aromatic nitrogens is 2. The van der Waals surface area contributed by atoms with Gasteiger partial charge in [-0.3, -0.25) is 19.6 Å². The zero-order valence-electron chi connectivity index (χ0n) is 12.5. The molecule has 0 spiro atoms. The van der Waals surface area contributed by atoms with Gasteiger partial charge in [-0.05, 0) is 31.0 Å². The van der Waals surface area contributed by atoms with E-state index in [2.05, 4.69) is 10.4 Å². The van der Waals surface area contributed by atoms with E-state index in [0.717, 1.165) is 17.5 Å². The lowest BCUT2D eigenvalue weighted by atomic mass is 10.2. The number of hydrogen-bond donors (Lipinski definition) is 1. The van der Waals surface area contributed by atoms with Crippen LogP contribution < -0.4 is 5.32 Å². The van der Waals surface area contributed by atoms with Crippen molar-refractivity contribution >= 4 is 17.3 Å². The summed E-state index contributed by atoms with van der Waals surface area (Å²) in [5, 5.41) is 17.2. The van der Waals surface area contributed by atoms with Crippen molar-refractivity contribution in [1.29, 1.82) is 0 Å². The van der Waals surface area contributed by atoms with Crippen molar-refractivity contribution in [3.05, 3.63) is 51.8 Å². The zero-order chi connectivity index (χ0) is 17.3. The van der Waals surface area contributed by atoms with E-state index < -0.39 is 17.3 Å². The lowest BCUT2D eigenvalue weighted by Gasteiger charge is -2.08. The van der Waals surface area contributed by atoms with Crippen LogP contribution in [0.3, 0.4) is 0 Å². The molecule has 1 amide bonds. The number of halogens is 2. The van der Waals surface area contributed by atoms with Gasteiger partial charge in [0.25, 0.3) is 12.1 Å². The fraction of sp³-hybridized carbons (Fsp3) is 0.333. The van der Waals surface area contributed by atoms with Crippen LogP contribution >= 0.6 is 0 Å². The molecule has 24 heavy (non-hydrogen) atoms. The third kappa shape index (κ3) is 3.55. The smallest absolute Gasteiger partial charge is 0.280 e. The second-order valence-corrected chi connectivity index (χ2v) is 5.58. The Bertz CT molecular complexity index is 770. The number of nitro benzene ring substituents is 1. The van der Waals surface area contributed by atoms with Crippen molar-refractivity contribution in [2.24, 2.45) is 0 Å². The summed E-state index contributed by atoms with van der Waals surface area (Å²) in [6.45, 7) is -0.344. The Balaban J connectivity index is 1.69. The lowest BCUT2D eigenvalue weighted by molar-refractivity contribution is -0.384. The predicted octanol–water partition coefficient (Wildman–Crippen LogP) is 3.25. The first-order valence-corrected chi connectivity index (χ1v) is 7.34. The molecule has 1 aromatic heterocycles. The van der Waals surface area contributed by atoms with Gasteiger partial charge in [0.1, 0.15) is 12.2 Å². The highest BCUT2D eigenvalue weighted by atomic mass is 19.3. The minimum Gasteiger partial charge on any atom is -0.324 e. The maximum Gasteiger partial charge on any atom is 0.280 e. The maximum absolute atomic E-state index is 13.1. The van der Waals surface area contributed by atoms with E-state index in [-0.39, 0.29) is 23.8 Å². The number of hydrogen-bond acceptors (Lipinski definition) is 4. The summed E-state index contributed by atoms with van der Waals surface area (Å²) in [5.74, 6) is -0.322. The van der Waals surface area contributed by atoms with E-state index in [9.17, 15) is 23.7 Å². The predicted molar refractivity (Wildman–Crippen MR) is 80.9 cm³/mol. The van der Waals surface area contributed by atoms with Crippen molar-refractivity contribution < 1.29 is 18.5 Å². The van der Waals surface area contributed by atoms with Gasteiger partial charge in [-0.1, -0.05) is 0 Å². The van der Waals surface area contributed by atoms with E-state index >= 15 is 0 Å². The van der Waals surface area contributed by atoms with Gasteiger partial charge < -0.3 is 5.32 Å². The highest BCUT2D eigenvalue weighted by Crippen LogP contribution is 2.40. The van der Waals surface area contributed by atoms with Crippen molar-refractivity contribution in [1.82, 2.24) is 9.78 Å². The first kappa shape index (κ1) is 16.0. The largest absolute Gasteiger partial charge is 0.324 e. The highest BCUT2D eigenvalue weighted by molar-refractivity contribution is 5.90. The van der Waals surface area contributed by atoms with E-state index in [1.165, 1.54) is 30.3 Å². The van der Waals surface area contributed by atoms with Crippen LogP contribution in [-0.2, 0) is 11.3 Å². The number of alkyl halides is 2. The SMILES string of the molecule is O=C(Cn1nc(C2CC2)cc1C(F)F)Nc1ccc([N+](=O)[O-])cc1. The Labute approximate surface area is 135 Å². The topological polar surface area (TPSA) is 90.1 Å². The van der Waals surface area contributed by atoms with Gasteiger partial charge in [0.2, 0.25) is 5.91 Å². The summed E-state index contributed by atoms with van der Waals surface area (Å²) in [6.07, 6.45) is -0.860. The molecule has 2 aromatic rings. The molecule has 1 fully saturated rings. The minimum absolute atomic E-state index is 0.103. The Morgan fingerprint density at radius 3 is 2.58 bits per heavy atom. The average molecular weight is 336 g/mol. The summed E-state index contributed by atoms with van der Waals surface area (Å²) in [7, 11) is 0. The van der Waals surface area contributed by atoms with Crippen LogP contribution in [0.5, 0.6) is 0 Å². The summed E-state index contributed by atoms with van der Waals surface area (Å²) in [6, 6.07) is 6.60. The molecule has 1 N–H and O–H groups in total. The molecule has 0 unspecified atom stereocenters. The molecule has 1 aromatic carbocycles. The van der Waals surface area contributed by atoms with E-state index in [1.54, 1.807) is 0 Å². The average Bonchev–Trinajstić information content (AvgIpc) is 3.29. The summed E-state index contributed by atoms with van der Waals surface area (Å²) in [4.78, 5) is 22.0. The third-order valence-electron chi connectivity index (χ3n) is 3.70. The van der Waals surface area contributed by atoms with E-state index in [1.807, 2.05) is 0 Å². The Morgan fingerprint density at radius 2 is 2.04 bits per heavy atom. The first-order chi connectivity index (χ1) is 11.4. The van der Waals surface area contributed by atoms with Crippen LogP contribution in [0.4, 0.5) is 20.2 Å². The standard InChI is InChI=1S/C15H14F2N4O3/c16-15(17)13-7-12(9-1-2-9)19-20(13)8-14(22)18-10-3-5-11(6-4-10)21(23)24/h3-7,9,15H,1-2,8H2,(H,18,22). The van der Waals surface area contributed by atoms with Gasteiger partial charge >= 0.3 is 0 Å². The maximum atomic E-state index is 13.1.